The van der Waals surface area contributed by atoms with Crippen LogP contribution in [0.1, 0.15) is 42.6 Å². The van der Waals surface area contributed by atoms with E-state index in [-0.39, 0.29) is 23.9 Å². The van der Waals surface area contributed by atoms with Crippen LogP contribution in [0.5, 0.6) is 0 Å². The van der Waals surface area contributed by atoms with Gasteiger partial charge in [0.25, 0.3) is 5.56 Å². The fraction of sp³-hybridized carbons (Fsp3) is 0.500. The highest BCUT2D eigenvalue weighted by Gasteiger charge is 2.33. The van der Waals surface area contributed by atoms with Crippen molar-refractivity contribution in [1.29, 1.82) is 0 Å². The molecule has 0 aromatic carbocycles. The quantitative estimate of drug-likeness (QED) is 0.842. The predicted octanol–water partition coefficient (Wildman–Crippen LogP) is 1.81. The maximum atomic E-state index is 13.0. The van der Waals surface area contributed by atoms with Crippen molar-refractivity contribution in [2.75, 3.05) is 18.0 Å². The lowest BCUT2D eigenvalue weighted by Gasteiger charge is -2.22. The van der Waals surface area contributed by atoms with Gasteiger partial charge in [0.15, 0.2) is 0 Å². The van der Waals surface area contributed by atoms with Crippen LogP contribution in [0, 0.1) is 6.92 Å². The fourth-order valence-corrected chi connectivity index (χ4v) is 3.61. The van der Waals surface area contributed by atoms with E-state index in [1.54, 1.807) is 6.20 Å². The van der Waals surface area contributed by atoms with Crippen molar-refractivity contribution in [3.63, 3.8) is 0 Å². The Balaban J connectivity index is 1.51. The Morgan fingerprint density at radius 1 is 1.30 bits per heavy atom. The van der Waals surface area contributed by atoms with Crippen molar-refractivity contribution < 1.29 is 4.79 Å². The number of aromatic amines is 1. The van der Waals surface area contributed by atoms with E-state index in [4.69, 9.17) is 0 Å². The van der Waals surface area contributed by atoms with Crippen LogP contribution in [0.2, 0.25) is 0 Å². The fourth-order valence-electron chi connectivity index (χ4n) is 3.61. The molecule has 0 bridgehead atoms. The number of rotatable bonds is 6. The standard InChI is InChI=1S/C20H25N5O2/c1-14-17(19(27)23-20(22-14)24-10-4-5-11-24)12-18(26)25(16-7-8-16)13-15-6-2-3-9-21-15/h2-3,6,9,16H,4-5,7-8,10-13H2,1H3,(H,22,23,27). The van der Waals surface area contributed by atoms with Crippen LogP contribution in [0.15, 0.2) is 29.2 Å². The first-order chi connectivity index (χ1) is 13.1. The van der Waals surface area contributed by atoms with Crippen molar-refractivity contribution in [1.82, 2.24) is 19.9 Å². The molecular formula is C20H25N5O2. The summed E-state index contributed by atoms with van der Waals surface area (Å²) in [4.78, 5) is 41.3. The summed E-state index contributed by atoms with van der Waals surface area (Å²) in [5.41, 5.74) is 1.77. The molecule has 3 heterocycles. The lowest BCUT2D eigenvalue weighted by atomic mass is 10.1. The van der Waals surface area contributed by atoms with E-state index in [1.807, 2.05) is 30.0 Å². The number of hydrogen-bond donors (Lipinski definition) is 1. The van der Waals surface area contributed by atoms with E-state index in [0.717, 1.165) is 44.5 Å². The molecular weight excluding hydrogens is 342 g/mol. The summed E-state index contributed by atoms with van der Waals surface area (Å²) in [6, 6.07) is 5.97. The SMILES string of the molecule is Cc1nc(N2CCCC2)[nH]c(=O)c1CC(=O)N(Cc1ccccn1)C1CC1. The predicted molar refractivity (Wildman–Crippen MR) is 103 cm³/mol. The molecule has 1 amide bonds. The van der Waals surface area contributed by atoms with Crippen LogP contribution < -0.4 is 10.5 Å². The third-order valence-electron chi connectivity index (χ3n) is 5.31. The van der Waals surface area contributed by atoms with Crippen LogP contribution in [0.4, 0.5) is 5.95 Å². The average molecular weight is 367 g/mol. The summed E-state index contributed by atoms with van der Waals surface area (Å²) < 4.78 is 0. The van der Waals surface area contributed by atoms with Crippen LogP contribution in [-0.2, 0) is 17.8 Å². The summed E-state index contributed by atoms with van der Waals surface area (Å²) in [5, 5.41) is 0. The highest BCUT2D eigenvalue weighted by molar-refractivity contribution is 5.79. The molecule has 0 atom stereocenters. The summed E-state index contributed by atoms with van der Waals surface area (Å²) in [7, 11) is 0. The topological polar surface area (TPSA) is 82.2 Å². The van der Waals surface area contributed by atoms with Gasteiger partial charge < -0.3 is 9.80 Å². The van der Waals surface area contributed by atoms with Gasteiger partial charge >= 0.3 is 0 Å². The molecule has 1 saturated heterocycles. The molecule has 1 aliphatic heterocycles. The van der Waals surface area contributed by atoms with Gasteiger partial charge in [-0.1, -0.05) is 6.07 Å². The van der Waals surface area contributed by atoms with Gasteiger partial charge in [-0.05, 0) is 44.7 Å². The first-order valence-electron chi connectivity index (χ1n) is 9.66. The molecule has 0 radical (unpaired) electrons. The zero-order valence-corrected chi connectivity index (χ0v) is 15.6. The smallest absolute Gasteiger partial charge is 0.256 e. The molecule has 2 fully saturated rings. The Kier molecular flexibility index (Phi) is 4.92. The van der Waals surface area contributed by atoms with Gasteiger partial charge in [-0.25, -0.2) is 4.98 Å². The monoisotopic (exact) mass is 367 g/mol. The minimum absolute atomic E-state index is 0.0347. The lowest BCUT2D eigenvalue weighted by molar-refractivity contribution is -0.131. The number of aryl methyl sites for hydroxylation is 1. The Bertz CT molecular complexity index is 870. The molecule has 1 saturated carbocycles. The Morgan fingerprint density at radius 3 is 2.70 bits per heavy atom. The van der Waals surface area contributed by atoms with E-state index >= 15 is 0 Å². The van der Waals surface area contributed by atoms with Crippen molar-refractivity contribution in [3.05, 3.63) is 51.7 Å². The molecule has 4 rings (SSSR count). The van der Waals surface area contributed by atoms with Gasteiger partial charge in [0, 0.05) is 30.9 Å². The maximum Gasteiger partial charge on any atom is 0.256 e. The normalized spacial score (nSPS) is 16.6. The van der Waals surface area contributed by atoms with Crippen LogP contribution in [0.25, 0.3) is 0 Å². The van der Waals surface area contributed by atoms with Crippen molar-refractivity contribution in [2.24, 2.45) is 0 Å². The van der Waals surface area contributed by atoms with Gasteiger partial charge in [-0.15, -0.1) is 0 Å². The molecule has 142 valence electrons. The van der Waals surface area contributed by atoms with E-state index in [2.05, 4.69) is 19.9 Å². The third-order valence-corrected chi connectivity index (χ3v) is 5.31. The number of aromatic nitrogens is 3. The molecule has 0 spiro atoms. The maximum absolute atomic E-state index is 13.0. The lowest BCUT2D eigenvalue weighted by Crippen LogP contribution is -2.36. The first kappa shape index (κ1) is 17.7. The summed E-state index contributed by atoms with van der Waals surface area (Å²) in [5.74, 6) is 0.589. The highest BCUT2D eigenvalue weighted by atomic mass is 16.2. The summed E-state index contributed by atoms with van der Waals surface area (Å²) in [6.07, 6.45) is 6.08. The van der Waals surface area contributed by atoms with Crippen LogP contribution in [0.3, 0.4) is 0 Å². The second-order valence-electron chi connectivity index (χ2n) is 7.40. The highest BCUT2D eigenvalue weighted by Crippen LogP contribution is 2.28. The van der Waals surface area contributed by atoms with E-state index in [0.29, 0.717) is 23.8 Å². The number of nitrogens with zero attached hydrogens (tertiary/aromatic N) is 4. The molecule has 0 unspecified atom stereocenters. The third kappa shape index (κ3) is 4.02. The largest absolute Gasteiger partial charge is 0.342 e. The molecule has 2 aromatic rings. The summed E-state index contributed by atoms with van der Waals surface area (Å²) >= 11 is 0. The summed E-state index contributed by atoms with van der Waals surface area (Å²) in [6.45, 7) is 4.14. The second-order valence-corrected chi connectivity index (χ2v) is 7.40. The number of anilines is 1. The Hall–Kier alpha value is -2.70. The molecule has 2 aliphatic rings. The number of pyridine rings is 1. The zero-order valence-electron chi connectivity index (χ0n) is 15.6. The first-order valence-corrected chi connectivity index (χ1v) is 9.66. The van der Waals surface area contributed by atoms with E-state index in [1.165, 1.54) is 0 Å². The van der Waals surface area contributed by atoms with E-state index in [9.17, 15) is 9.59 Å². The van der Waals surface area contributed by atoms with Gasteiger partial charge in [0.05, 0.1) is 24.4 Å². The Morgan fingerprint density at radius 2 is 2.07 bits per heavy atom. The minimum atomic E-state index is -0.202. The Labute approximate surface area is 158 Å². The molecule has 2 aromatic heterocycles. The van der Waals surface area contributed by atoms with Gasteiger partial charge in [-0.2, -0.15) is 0 Å². The molecule has 27 heavy (non-hydrogen) atoms. The number of amides is 1. The van der Waals surface area contributed by atoms with Crippen molar-refractivity contribution in [2.45, 2.75) is 51.6 Å². The molecule has 7 heteroatoms. The number of carbonyl (C=O) groups is 1. The van der Waals surface area contributed by atoms with Crippen molar-refractivity contribution in [3.8, 4) is 0 Å². The second kappa shape index (κ2) is 7.50. The van der Waals surface area contributed by atoms with Gasteiger partial charge in [-0.3, -0.25) is 19.6 Å². The molecule has 7 nitrogen and oxygen atoms in total. The van der Waals surface area contributed by atoms with Crippen molar-refractivity contribution >= 4 is 11.9 Å². The molecule has 1 N–H and O–H groups in total. The number of H-pyrrole nitrogens is 1. The number of nitrogens with one attached hydrogen (secondary N) is 1. The van der Waals surface area contributed by atoms with Gasteiger partial charge in [0.1, 0.15) is 0 Å². The zero-order chi connectivity index (χ0) is 18.8. The van der Waals surface area contributed by atoms with Gasteiger partial charge in [0.2, 0.25) is 11.9 Å². The minimum Gasteiger partial charge on any atom is -0.342 e. The van der Waals surface area contributed by atoms with E-state index < -0.39 is 0 Å². The number of carbonyl (C=O) groups excluding carboxylic acids is 1. The number of hydrogen-bond acceptors (Lipinski definition) is 5. The van der Waals surface area contributed by atoms with Crippen LogP contribution in [-0.4, -0.2) is 44.9 Å². The van der Waals surface area contributed by atoms with Crippen LogP contribution >= 0.6 is 0 Å². The molecule has 1 aliphatic carbocycles. The average Bonchev–Trinajstić information content (AvgIpc) is 3.35.